The van der Waals surface area contributed by atoms with Gasteiger partial charge in [0.25, 0.3) is 5.91 Å². The van der Waals surface area contributed by atoms with Crippen molar-refractivity contribution in [3.63, 3.8) is 0 Å². The molecule has 2 aromatic rings. The molecular weight excluding hydrogens is 318 g/mol. The second-order valence-electron chi connectivity index (χ2n) is 4.34. The topological polar surface area (TPSA) is 29.1 Å². The number of carbonyl (C=O) groups is 1. The quantitative estimate of drug-likeness (QED) is 0.670. The third-order valence-electron chi connectivity index (χ3n) is 2.80. The van der Waals surface area contributed by atoms with E-state index in [9.17, 15) is 4.79 Å². The minimum absolute atomic E-state index is 0.118. The third kappa shape index (κ3) is 3.75. The van der Waals surface area contributed by atoms with E-state index < -0.39 is 0 Å². The number of benzene rings is 2. The van der Waals surface area contributed by atoms with Crippen LogP contribution >= 0.6 is 35.7 Å². The number of nitrogens with one attached hydrogen (secondary N) is 1. The standard InChI is InChI=1S/C16H11NOS3/c18-15-14(21-16(19)17-15)10-11-6-8-13(9-7-11)20-12-4-2-1-3-5-12/h1-10H,(H,17,18,19). The molecule has 0 aromatic heterocycles. The Kier molecular flexibility index (Phi) is 4.43. The summed E-state index contributed by atoms with van der Waals surface area (Å²) in [4.78, 5) is 14.6. The molecule has 104 valence electrons. The van der Waals surface area contributed by atoms with Gasteiger partial charge < -0.3 is 5.32 Å². The van der Waals surface area contributed by atoms with Gasteiger partial charge in [0.2, 0.25) is 0 Å². The molecule has 21 heavy (non-hydrogen) atoms. The van der Waals surface area contributed by atoms with Crippen LogP contribution < -0.4 is 5.32 Å². The molecule has 2 nitrogen and oxygen atoms in total. The van der Waals surface area contributed by atoms with Gasteiger partial charge in [0.15, 0.2) is 0 Å². The van der Waals surface area contributed by atoms with E-state index in [1.165, 1.54) is 21.6 Å². The second kappa shape index (κ2) is 6.47. The Balaban J connectivity index is 1.74. The van der Waals surface area contributed by atoms with E-state index in [2.05, 4.69) is 29.6 Å². The maximum atomic E-state index is 11.6. The van der Waals surface area contributed by atoms with Crippen LogP contribution in [0.5, 0.6) is 0 Å². The summed E-state index contributed by atoms with van der Waals surface area (Å²) in [5.74, 6) is -0.118. The Labute approximate surface area is 137 Å². The van der Waals surface area contributed by atoms with Gasteiger partial charge in [-0.05, 0) is 35.9 Å². The van der Waals surface area contributed by atoms with Crippen LogP contribution in [0, 0.1) is 0 Å². The van der Waals surface area contributed by atoms with Crippen molar-refractivity contribution >= 4 is 52.0 Å². The molecule has 1 amide bonds. The molecule has 1 aliphatic rings. The predicted molar refractivity (Wildman–Crippen MR) is 93.3 cm³/mol. The largest absolute Gasteiger partial charge is 0.307 e. The molecule has 0 bridgehead atoms. The molecule has 5 heteroatoms. The van der Waals surface area contributed by atoms with Crippen LogP contribution in [0.4, 0.5) is 0 Å². The predicted octanol–water partition coefficient (Wildman–Crippen LogP) is 4.33. The fourth-order valence-corrected chi connectivity index (χ4v) is 3.71. The minimum atomic E-state index is -0.118. The van der Waals surface area contributed by atoms with Crippen molar-refractivity contribution in [2.75, 3.05) is 0 Å². The van der Waals surface area contributed by atoms with Gasteiger partial charge in [-0.15, -0.1) is 0 Å². The lowest BCUT2D eigenvalue weighted by Gasteiger charge is -2.02. The number of carbonyl (C=O) groups excluding carboxylic acids is 1. The summed E-state index contributed by atoms with van der Waals surface area (Å²) in [6.07, 6.45) is 1.86. The van der Waals surface area contributed by atoms with E-state index in [1.54, 1.807) is 11.8 Å². The van der Waals surface area contributed by atoms with Crippen LogP contribution in [0.2, 0.25) is 0 Å². The molecule has 1 N–H and O–H groups in total. The van der Waals surface area contributed by atoms with E-state index in [0.29, 0.717) is 9.23 Å². The van der Waals surface area contributed by atoms with Crippen molar-refractivity contribution in [3.05, 3.63) is 65.1 Å². The molecule has 0 aliphatic carbocycles. The fourth-order valence-electron chi connectivity index (χ4n) is 1.83. The smallest absolute Gasteiger partial charge is 0.263 e. The Morgan fingerprint density at radius 1 is 1.00 bits per heavy atom. The zero-order valence-electron chi connectivity index (χ0n) is 10.9. The summed E-state index contributed by atoms with van der Waals surface area (Å²) in [5.41, 5.74) is 0.995. The average Bonchev–Trinajstić information content (AvgIpc) is 2.80. The number of hydrogen-bond donors (Lipinski definition) is 1. The first-order valence-corrected chi connectivity index (χ1v) is 8.33. The van der Waals surface area contributed by atoms with Crippen molar-refractivity contribution in [2.45, 2.75) is 9.79 Å². The molecule has 0 unspecified atom stereocenters. The van der Waals surface area contributed by atoms with E-state index in [1.807, 2.05) is 36.4 Å². The van der Waals surface area contributed by atoms with Crippen LogP contribution in [0.3, 0.4) is 0 Å². The minimum Gasteiger partial charge on any atom is -0.307 e. The summed E-state index contributed by atoms with van der Waals surface area (Å²) >= 11 is 7.99. The van der Waals surface area contributed by atoms with Gasteiger partial charge in [-0.2, -0.15) is 0 Å². The first-order valence-electron chi connectivity index (χ1n) is 6.28. The van der Waals surface area contributed by atoms with Gasteiger partial charge in [0.1, 0.15) is 4.32 Å². The van der Waals surface area contributed by atoms with Gasteiger partial charge in [0, 0.05) is 9.79 Å². The summed E-state index contributed by atoms with van der Waals surface area (Å²) in [7, 11) is 0. The monoisotopic (exact) mass is 329 g/mol. The molecule has 0 radical (unpaired) electrons. The van der Waals surface area contributed by atoms with E-state index in [4.69, 9.17) is 12.2 Å². The first kappa shape index (κ1) is 14.4. The highest BCUT2D eigenvalue weighted by Gasteiger charge is 2.21. The normalized spacial score (nSPS) is 16.3. The van der Waals surface area contributed by atoms with Gasteiger partial charge in [0.05, 0.1) is 4.91 Å². The maximum Gasteiger partial charge on any atom is 0.263 e. The Bertz CT molecular complexity index is 708. The highest BCUT2D eigenvalue weighted by molar-refractivity contribution is 8.26. The number of hydrogen-bond acceptors (Lipinski definition) is 4. The van der Waals surface area contributed by atoms with Gasteiger partial charge >= 0.3 is 0 Å². The van der Waals surface area contributed by atoms with E-state index in [-0.39, 0.29) is 5.91 Å². The lowest BCUT2D eigenvalue weighted by atomic mass is 10.2. The second-order valence-corrected chi connectivity index (χ2v) is 7.20. The molecule has 1 aliphatic heterocycles. The summed E-state index contributed by atoms with van der Waals surface area (Å²) in [6.45, 7) is 0. The first-order chi connectivity index (χ1) is 10.2. The van der Waals surface area contributed by atoms with Crippen LogP contribution in [-0.2, 0) is 4.79 Å². The number of thioether (sulfide) groups is 1. The van der Waals surface area contributed by atoms with Crippen LogP contribution in [-0.4, -0.2) is 10.2 Å². The van der Waals surface area contributed by atoms with Gasteiger partial charge in [-0.1, -0.05) is 66.1 Å². The Morgan fingerprint density at radius 3 is 2.29 bits per heavy atom. The van der Waals surface area contributed by atoms with Gasteiger partial charge in [-0.25, -0.2) is 0 Å². The summed E-state index contributed by atoms with van der Waals surface area (Å²) in [5, 5.41) is 2.61. The van der Waals surface area contributed by atoms with Crippen molar-refractivity contribution < 1.29 is 4.79 Å². The van der Waals surface area contributed by atoms with E-state index >= 15 is 0 Å². The fraction of sp³-hybridized carbons (Fsp3) is 0. The summed E-state index contributed by atoms with van der Waals surface area (Å²) in [6, 6.07) is 18.4. The molecule has 2 aromatic carbocycles. The summed E-state index contributed by atoms with van der Waals surface area (Å²) < 4.78 is 0.516. The zero-order chi connectivity index (χ0) is 14.7. The maximum absolute atomic E-state index is 11.6. The third-order valence-corrected chi connectivity index (χ3v) is 4.98. The molecular formula is C16H11NOS3. The van der Waals surface area contributed by atoms with E-state index in [0.717, 1.165) is 5.56 Å². The molecule has 0 spiro atoms. The van der Waals surface area contributed by atoms with Crippen LogP contribution in [0.15, 0.2) is 69.3 Å². The SMILES string of the molecule is O=C1NC(=S)SC1=Cc1ccc(Sc2ccccc2)cc1. The molecule has 0 atom stereocenters. The molecule has 1 heterocycles. The molecule has 1 fully saturated rings. The number of amides is 1. The Morgan fingerprint density at radius 2 is 1.67 bits per heavy atom. The lowest BCUT2D eigenvalue weighted by Crippen LogP contribution is -2.17. The average molecular weight is 329 g/mol. The highest BCUT2D eigenvalue weighted by Crippen LogP contribution is 2.29. The number of rotatable bonds is 3. The van der Waals surface area contributed by atoms with Gasteiger partial charge in [-0.3, -0.25) is 4.79 Å². The van der Waals surface area contributed by atoms with Crippen LogP contribution in [0.25, 0.3) is 6.08 Å². The highest BCUT2D eigenvalue weighted by atomic mass is 32.2. The molecule has 1 saturated heterocycles. The van der Waals surface area contributed by atoms with Crippen molar-refractivity contribution in [1.82, 2.24) is 5.32 Å². The number of thiocarbonyl (C=S) groups is 1. The van der Waals surface area contributed by atoms with Crippen molar-refractivity contribution in [1.29, 1.82) is 0 Å². The molecule has 3 rings (SSSR count). The van der Waals surface area contributed by atoms with Crippen LogP contribution in [0.1, 0.15) is 5.56 Å². The zero-order valence-corrected chi connectivity index (χ0v) is 13.4. The lowest BCUT2D eigenvalue weighted by molar-refractivity contribution is -0.115. The Hall–Kier alpha value is -1.56. The molecule has 0 saturated carbocycles. The van der Waals surface area contributed by atoms with Crippen molar-refractivity contribution in [2.24, 2.45) is 0 Å². The van der Waals surface area contributed by atoms with Crippen molar-refractivity contribution in [3.8, 4) is 0 Å².